The minimum atomic E-state index is -3.59. The van der Waals surface area contributed by atoms with Crippen molar-refractivity contribution in [2.75, 3.05) is 25.4 Å². The normalized spacial score (nSPS) is 19.1. The van der Waals surface area contributed by atoms with Gasteiger partial charge in [-0.05, 0) is 37.1 Å². The predicted molar refractivity (Wildman–Crippen MR) is 108 cm³/mol. The van der Waals surface area contributed by atoms with Crippen LogP contribution >= 0.6 is 23.4 Å². The van der Waals surface area contributed by atoms with E-state index in [1.165, 1.54) is 0 Å². The Morgan fingerprint density at radius 2 is 1.88 bits per heavy atom. The van der Waals surface area contributed by atoms with Gasteiger partial charge in [-0.25, -0.2) is 8.42 Å². The van der Waals surface area contributed by atoms with Crippen molar-refractivity contribution >= 4 is 33.4 Å². The van der Waals surface area contributed by atoms with Crippen molar-refractivity contribution in [2.24, 2.45) is 0 Å². The molecule has 2 aromatic carbocycles. The summed E-state index contributed by atoms with van der Waals surface area (Å²) >= 11 is 8.09. The lowest BCUT2D eigenvalue weighted by molar-refractivity contribution is 0.329. The fourth-order valence-corrected chi connectivity index (χ4v) is 6.35. The van der Waals surface area contributed by atoms with Crippen LogP contribution in [0.5, 0.6) is 5.75 Å². The van der Waals surface area contributed by atoms with Crippen molar-refractivity contribution in [3.63, 3.8) is 0 Å². The van der Waals surface area contributed by atoms with Gasteiger partial charge in [0.15, 0.2) is 0 Å². The lowest BCUT2D eigenvalue weighted by Crippen LogP contribution is -2.33. The van der Waals surface area contributed by atoms with Gasteiger partial charge in [-0.1, -0.05) is 41.9 Å². The predicted octanol–water partition coefficient (Wildman–Crippen LogP) is 4.61. The average Bonchev–Trinajstić information content (AvgIpc) is 2.89. The SMILES string of the molecule is CCOc1ccccc1S(=O)(=O)N1CCSC(c2ccccc2Cl)CC1. The molecule has 3 rings (SSSR count). The minimum absolute atomic E-state index is 0.200. The van der Waals surface area contributed by atoms with Crippen molar-refractivity contribution in [3.8, 4) is 5.75 Å². The maximum atomic E-state index is 13.2. The van der Waals surface area contributed by atoms with Gasteiger partial charge in [0.05, 0.1) is 6.61 Å². The van der Waals surface area contributed by atoms with Crippen LogP contribution in [0.15, 0.2) is 53.4 Å². The molecule has 26 heavy (non-hydrogen) atoms. The number of halogens is 1. The summed E-state index contributed by atoms with van der Waals surface area (Å²) in [7, 11) is -3.59. The van der Waals surface area contributed by atoms with Gasteiger partial charge in [0.25, 0.3) is 0 Å². The van der Waals surface area contributed by atoms with Crippen LogP contribution in [-0.4, -0.2) is 38.2 Å². The molecule has 7 heteroatoms. The van der Waals surface area contributed by atoms with Crippen molar-refractivity contribution < 1.29 is 13.2 Å². The highest BCUT2D eigenvalue weighted by atomic mass is 35.5. The van der Waals surface area contributed by atoms with Gasteiger partial charge in [0.1, 0.15) is 10.6 Å². The lowest BCUT2D eigenvalue weighted by atomic mass is 10.1. The number of sulfonamides is 1. The van der Waals surface area contributed by atoms with E-state index < -0.39 is 10.0 Å². The molecule has 0 N–H and O–H groups in total. The number of rotatable bonds is 5. The van der Waals surface area contributed by atoms with E-state index in [1.807, 2.05) is 31.2 Å². The first-order valence-electron chi connectivity index (χ1n) is 8.62. The molecule has 0 bridgehead atoms. The highest BCUT2D eigenvalue weighted by molar-refractivity contribution is 7.99. The summed E-state index contributed by atoms with van der Waals surface area (Å²) in [6.45, 7) is 3.22. The molecule has 0 spiro atoms. The highest BCUT2D eigenvalue weighted by Gasteiger charge is 2.30. The molecule has 1 aliphatic rings. The first kappa shape index (κ1) is 19.5. The fraction of sp³-hybridized carbons (Fsp3) is 0.368. The van der Waals surface area contributed by atoms with E-state index >= 15 is 0 Å². The Labute approximate surface area is 164 Å². The summed E-state index contributed by atoms with van der Waals surface area (Å²) in [5.74, 6) is 1.14. The maximum Gasteiger partial charge on any atom is 0.246 e. The van der Waals surface area contributed by atoms with Crippen molar-refractivity contribution in [2.45, 2.75) is 23.5 Å². The zero-order valence-corrected chi connectivity index (χ0v) is 17.0. The molecule has 0 amide bonds. The number of para-hydroxylation sites is 1. The van der Waals surface area contributed by atoms with Crippen LogP contribution < -0.4 is 4.74 Å². The first-order chi connectivity index (χ1) is 12.5. The zero-order chi connectivity index (χ0) is 18.6. The Bertz CT molecular complexity index is 857. The van der Waals surface area contributed by atoms with E-state index in [0.717, 1.165) is 22.8 Å². The molecule has 140 valence electrons. The van der Waals surface area contributed by atoms with Crippen LogP contribution in [0.4, 0.5) is 0 Å². The number of benzene rings is 2. The van der Waals surface area contributed by atoms with Gasteiger partial charge in [-0.3, -0.25) is 0 Å². The zero-order valence-electron chi connectivity index (χ0n) is 14.6. The van der Waals surface area contributed by atoms with Crippen LogP contribution in [0.1, 0.15) is 24.2 Å². The Morgan fingerprint density at radius 3 is 2.65 bits per heavy atom. The summed E-state index contributed by atoms with van der Waals surface area (Å²) in [6.07, 6.45) is 0.727. The van der Waals surface area contributed by atoms with Gasteiger partial charge < -0.3 is 4.74 Å². The van der Waals surface area contributed by atoms with E-state index in [1.54, 1.807) is 40.3 Å². The van der Waals surface area contributed by atoms with Crippen molar-refractivity contribution in [1.82, 2.24) is 4.31 Å². The van der Waals surface area contributed by atoms with Gasteiger partial charge >= 0.3 is 0 Å². The second-order valence-corrected chi connectivity index (χ2v) is 9.58. The standard InChI is InChI=1S/C19H22ClNO3S2/c1-2-24-17-9-5-6-10-19(17)26(22,23)21-12-11-18(25-14-13-21)15-7-3-4-8-16(15)20/h3-10,18H,2,11-14H2,1H3. The largest absolute Gasteiger partial charge is 0.492 e. The molecule has 1 fully saturated rings. The van der Waals surface area contributed by atoms with E-state index in [0.29, 0.717) is 25.4 Å². The van der Waals surface area contributed by atoms with E-state index in [-0.39, 0.29) is 10.1 Å². The third-order valence-electron chi connectivity index (χ3n) is 4.32. The Hall–Kier alpha value is -1.21. The number of hydrogen-bond donors (Lipinski definition) is 0. The Balaban J connectivity index is 1.81. The molecule has 1 saturated heterocycles. The van der Waals surface area contributed by atoms with E-state index in [9.17, 15) is 8.42 Å². The van der Waals surface area contributed by atoms with Gasteiger partial charge in [0.2, 0.25) is 10.0 Å². The summed E-state index contributed by atoms with van der Waals surface area (Å²) in [4.78, 5) is 0.239. The number of ether oxygens (including phenoxy) is 1. The van der Waals surface area contributed by atoms with Crippen molar-refractivity contribution in [3.05, 3.63) is 59.1 Å². The summed E-state index contributed by atoms with van der Waals surface area (Å²) in [5.41, 5.74) is 1.08. The number of thioether (sulfide) groups is 1. The summed E-state index contributed by atoms with van der Waals surface area (Å²) in [5, 5.41) is 0.939. The number of hydrogen-bond acceptors (Lipinski definition) is 4. The summed E-state index contributed by atoms with van der Waals surface area (Å²) in [6, 6.07) is 14.6. The molecule has 0 aromatic heterocycles. The molecule has 2 aromatic rings. The smallest absolute Gasteiger partial charge is 0.246 e. The molecule has 1 unspecified atom stereocenters. The molecule has 1 aliphatic heterocycles. The van der Waals surface area contributed by atoms with Crippen LogP contribution in [0, 0.1) is 0 Å². The van der Waals surface area contributed by atoms with Gasteiger partial charge in [0, 0.05) is 29.1 Å². The topological polar surface area (TPSA) is 46.6 Å². The van der Waals surface area contributed by atoms with Crippen LogP contribution in [0.3, 0.4) is 0 Å². The third kappa shape index (κ3) is 4.19. The lowest BCUT2D eigenvalue weighted by Gasteiger charge is -2.21. The third-order valence-corrected chi connectivity index (χ3v) is 7.91. The summed E-state index contributed by atoms with van der Waals surface area (Å²) < 4.78 is 33.4. The molecule has 4 nitrogen and oxygen atoms in total. The first-order valence-corrected chi connectivity index (χ1v) is 11.5. The molecular weight excluding hydrogens is 390 g/mol. The van der Waals surface area contributed by atoms with Crippen LogP contribution in [0.2, 0.25) is 5.02 Å². The quantitative estimate of drug-likeness (QED) is 0.720. The van der Waals surface area contributed by atoms with Gasteiger partial charge in [-0.15, -0.1) is 0 Å². The minimum Gasteiger partial charge on any atom is -0.492 e. The van der Waals surface area contributed by atoms with Crippen LogP contribution in [0.25, 0.3) is 0 Å². The second-order valence-electron chi connectivity index (χ2n) is 5.95. The molecule has 0 aliphatic carbocycles. The Morgan fingerprint density at radius 1 is 1.15 bits per heavy atom. The average molecular weight is 412 g/mol. The van der Waals surface area contributed by atoms with Gasteiger partial charge in [-0.2, -0.15) is 16.1 Å². The fourth-order valence-electron chi connectivity index (χ4n) is 3.05. The monoisotopic (exact) mass is 411 g/mol. The molecule has 1 heterocycles. The van der Waals surface area contributed by atoms with E-state index in [4.69, 9.17) is 16.3 Å². The van der Waals surface area contributed by atoms with E-state index in [2.05, 4.69) is 0 Å². The second kappa shape index (κ2) is 8.65. The molecule has 1 atom stereocenters. The van der Waals surface area contributed by atoms with Crippen molar-refractivity contribution in [1.29, 1.82) is 0 Å². The van der Waals surface area contributed by atoms with Crippen LogP contribution in [-0.2, 0) is 10.0 Å². The molecule has 0 radical (unpaired) electrons. The Kier molecular flexibility index (Phi) is 6.51. The maximum absolute atomic E-state index is 13.2. The molecule has 0 saturated carbocycles. The number of nitrogens with zero attached hydrogens (tertiary/aromatic N) is 1. The molecular formula is C19H22ClNO3S2. The highest BCUT2D eigenvalue weighted by Crippen LogP contribution is 2.39.